The van der Waals surface area contributed by atoms with Crippen molar-refractivity contribution in [3.8, 4) is 0 Å². The number of aliphatic hydroxyl groups excluding tert-OH is 1. The molecular formula is C6H16OS. The van der Waals surface area contributed by atoms with Crippen molar-refractivity contribution in [2.24, 2.45) is 0 Å². The fourth-order valence-electron chi connectivity index (χ4n) is 0.498. The SMILES string of the molecule is CS(C)(C)CCCO. The largest absolute Gasteiger partial charge is 0.396 e. The van der Waals surface area contributed by atoms with Crippen molar-refractivity contribution in [1.82, 2.24) is 0 Å². The molecule has 1 N–H and O–H groups in total. The van der Waals surface area contributed by atoms with Crippen LogP contribution in [-0.4, -0.2) is 36.2 Å². The van der Waals surface area contributed by atoms with E-state index in [9.17, 15) is 0 Å². The van der Waals surface area contributed by atoms with Gasteiger partial charge in [0.15, 0.2) is 0 Å². The van der Waals surface area contributed by atoms with Crippen LogP contribution in [0, 0.1) is 0 Å². The van der Waals surface area contributed by atoms with Crippen LogP contribution in [0.4, 0.5) is 0 Å². The normalized spacial score (nSPS) is 14.0. The van der Waals surface area contributed by atoms with E-state index in [2.05, 4.69) is 18.8 Å². The van der Waals surface area contributed by atoms with Crippen LogP contribution in [0.2, 0.25) is 0 Å². The van der Waals surface area contributed by atoms with E-state index >= 15 is 0 Å². The second-order valence-corrected chi connectivity index (χ2v) is 7.46. The molecule has 0 amide bonds. The Labute approximate surface area is 53.4 Å². The topological polar surface area (TPSA) is 20.2 Å². The van der Waals surface area contributed by atoms with Gasteiger partial charge < -0.3 is 5.11 Å². The highest BCUT2D eigenvalue weighted by Crippen LogP contribution is 2.34. The molecule has 1 nitrogen and oxygen atoms in total. The van der Waals surface area contributed by atoms with Crippen molar-refractivity contribution in [2.75, 3.05) is 31.1 Å². The Hall–Kier alpha value is 0.310. The first kappa shape index (κ1) is 8.31. The summed E-state index contributed by atoms with van der Waals surface area (Å²) in [6, 6.07) is 0. The van der Waals surface area contributed by atoms with E-state index in [0.29, 0.717) is 6.61 Å². The molecule has 0 unspecified atom stereocenters. The van der Waals surface area contributed by atoms with Crippen molar-refractivity contribution < 1.29 is 5.11 Å². The molecule has 0 aliphatic carbocycles. The molecule has 0 aliphatic heterocycles. The molecule has 0 aromatic heterocycles. The molecular weight excluding hydrogens is 120 g/mol. The molecule has 0 spiro atoms. The van der Waals surface area contributed by atoms with Crippen molar-refractivity contribution in [3.05, 3.63) is 0 Å². The summed E-state index contributed by atoms with van der Waals surface area (Å²) in [7, 11) is -0.346. The Morgan fingerprint density at radius 1 is 1.25 bits per heavy atom. The zero-order valence-electron chi connectivity index (χ0n) is 5.98. The predicted molar refractivity (Wildman–Crippen MR) is 41.9 cm³/mol. The van der Waals surface area contributed by atoms with E-state index in [0.717, 1.165) is 6.42 Å². The highest BCUT2D eigenvalue weighted by molar-refractivity contribution is 8.32. The number of rotatable bonds is 3. The summed E-state index contributed by atoms with van der Waals surface area (Å²) in [6.07, 6.45) is 7.77. The van der Waals surface area contributed by atoms with E-state index in [1.807, 2.05) is 0 Å². The second kappa shape index (κ2) is 3.36. The Kier molecular flexibility index (Phi) is 3.49. The van der Waals surface area contributed by atoms with Gasteiger partial charge in [-0.1, -0.05) is 0 Å². The van der Waals surface area contributed by atoms with Gasteiger partial charge in [0, 0.05) is 6.61 Å². The number of aliphatic hydroxyl groups is 1. The van der Waals surface area contributed by atoms with Crippen LogP contribution in [0.3, 0.4) is 0 Å². The fourth-order valence-corrected chi connectivity index (χ4v) is 1.49. The third-order valence-electron chi connectivity index (χ3n) is 0.915. The van der Waals surface area contributed by atoms with Crippen LogP contribution >= 0.6 is 10.0 Å². The minimum Gasteiger partial charge on any atom is -0.396 e. The van der Waals surface area contributed by atoms with Gasteiger partial charge in [-0.2, -0.15) is 0 Å². The molecule has 0 radical (unpaired) electrons. The summed E-state index contributed by atoms with van der Waals surface area (Å²) in [6.45, 7) is 0.351. The van der Waals surface area contributed by atoms with Crippen LogP contribution in [-0.2, 0) is 0 Å². The molecule has 0 fully saturated rings. The van der Waals surface area contributed by atoms with Gasteiger partial charge in [0.1, 0.15) is 0 Å². The molecule has 0 atom stereocenters. The van der Waals surface area contributed by atoms with Gasteiger partial charge in [-0.25, -0.2) is 10.0 Å². The van der Waals surface area contributed by atoms with Crippen LogP contribution in [0.25, 0.3) is 0 Å². The average molecular weight is 136 g/mol. The average Bonchev–Trinajstić information content (AvgIpc) is 1.59. The lowest BCUT2D eigenvalue weighted by Gasteiger charge is -2.23. The maximum absolute atomic E-state index is 8.44. The maximum Gasteiger partial charge on any atom is 0.0438 e. The monoisotopic (exact) mass is 136 g/mol. The summed E-state index contributed by atoms with van der Waals surface area (Å²) >= 11 is 0. The Morgan fingerprint density at radius 2 is 1.75 bits per heavy atom. The maximum atomic E-state index is 8.44. The van der Waals surface area contributed by atoms with Crippen LogP contribution in [0.1, 0.15) is 6.42 Å². The standard InChI is InChI=1S/C6H16OS/c1-8(2,3)6-4-5-7/h7H,4-6H2,1-3H3. The minimum absolute atomic E-state index is 0.346. The van der Waals surface area contributed by atoms with Gasteiger partial charge in [-0.05, 0) is 30.9 Å². The molecule has 0 heterocycles. The Bertz CT molecular complexity index is 56.0. The van der Waals surface area contributed by atoms with E-state index in [1.165, 1.54) is 5.75 Å². The zero-order chi connectivity index (χ0) is 6.62. The fraction of sp³-hybridized carbons (Fsp3) is 1.00. The highest BCUT2D eigenvalue weighted by atomic mass is 32.3. The molecule has 0 saturated heterocycles. The molecule has 0 aromatic carbocycles. The molecule has 8 heavy (non-hydrogen) atoms. The van der Waals surface area contributed by atoms with Gasteiger partial charge in [-0.15, -0.1) is 0 Å². The van der Waals surface area contributed by atoms with E-state index in [-0.39, 0.29) is 10.0 Å². The Balaban J connectivity index is 3.11. The van der Waals surface area contributed by atoms with Crippen LogP contribution in [0.15, 0.2) is 0 Å². The zero-order valence-corrected chi connectivity index (χ0v) is 6.79. The smallest absolute Gasteiger partial charge is 0.0438 e. The minimum atomic E-state index is -0.346. The number of hydrogen-bond donors (Lipinski definition) is 1. The molecule has 52 valence electrons. The van der Waals surface area contributed by atoms with E-state index in [4.69, 9.17) is 5.11 Å². The van der Waals surface area contributed by atoms with Gasteiger partial charge in [0.25, 0.3) is 0 Å². The van der Waals surface area contributed by atoms with Crippen LogP contribution < -0.4 is 0 Å². The van der Waals surface area contributed by atoms with E-state index in [1.54, 1.807) is 0 Å². The van der Waals surface area contributed by atoms with Gasteiger partial charge in [0.2, 0.25) is 0 Å². The molecule has 0 bridgehead atoms. The van der Waals surface area contributed by atoms with Gasteiger partial charge in [0.05, 0.1) is 0 Å². The quantitative estimate of drug-likeness (QED) is 0.615. The molecule has 0 aliphatic rings. The molecule has 0 rings (SSSR count). The highest BCUT2D eigenvalue weighted by Gasteiger charge is 2.00. The lowest BCUT2D eigenvalue weighted by Crippen LogP contribution is -1.99. The second-order valence-electron chi connectivity index (χ2n) is 2.87. The van der Waals surface area contributed by atoms with Gasteiger partial charge in [-0.3, -0.25) is 0 Å². The van der Waals surface area contributed by atoms with Crippen molar-refractivity contribution >= 4 is 10.0 Å². The van der Waals surface area contributed by atoms with Crippen molar-refractivity contribution in [3.63, 3.8) is 0 Å². The van der Waals surface area contributed by atoms with Crippen molar-refractivity contribution in [1.29, 1.82) is 0 Å². The summed E-state index contributed by atoms with van der Waals surface area (Å²) in [5, 5.41) is 8.44. The molecule has 2 heteroatoms. The van der Waals surface area contributed by atoms with Crippen molar-refractivity contribution in [2.45, 2.75) is 6.42 Å². The van der Waals surface area contributed by atoms with Crippen LogP contribution in [0.5, 0.6) is 0 Å². The summed E-state index contributed by atoms with van der Waals surface area (Å²) in [5.41, 5.74) is 0. The summed E-state index contributed by atoms with van der Waals surface area (Å²) in [4.78, 5) is 0. The third-order valence-corrected chi connectivity index (χ3v) is 2.43. The Morgan fingerprint density at radius 3 is 1.88 bits per heavy atom. The lowest BCUT2D eigenvalue weighted by atomic mass is 10.5. The van der Waals surface area contributed by atoms with E-state index < -0.39 is 0 Å². The predicted octanol–water partition coefficient (Wildman–Crippen LogP) is 1.06. The molecule has 0 saturated carbocycles. The third kappa shape index (κ3) is 6.31. The lowest BCUT2D eigenvalue weighted by molar-refractivity contribution is 0.296. The first-order valence-corrected chi connectivity index (χ1v) is 5.86. The van der Waals surface area contributed by atoms with Gasteiger partial charge >= 0.3 is 0 Å². The number of hydrogen-bond acceptors (Lipinski definition) is 1. The molecule has 0 aromatic rings. The first-order chi connectivity index (χ1) is 3.56. The summed E-state index contributed by atoms with van der Waals surface area (Å²) < 4.78 is 0. The summed E-state index contributed by atoms with van der Waals surface area (Å²) in [5.74, 6) is 1.20. The first-order valence-electron chi connectivity index (χ1n) is 2.83.